The van der Waals surface area contributed by atoms with Crippen molar-refractivity contribution < 1.29 is 0 Å². The third kappa shape index (κ3) is 3.57. The van der Waals surface area contributed by atoms with Crippen molar-refractivity contribution in [1.29, 1.82) is 0 Å². The van der Waals surface area contributed by atoms with Gasteiger partial charge >= 0.3 is 0 Å². The van der Waals surface area contributed by atoms with E-state index < -0.39 is 0 Å². The van der Waals surface area contributed by atoms with Crippen molar-refractivity contribution in [1.82, 2.24) is 0 Å². The third-order valence-corrected chi connectivity index (χ3v) is 1.97. The van der Waals surface area contributed by atoms with E-state index in [4.69, 9.17) is 11.5 Å². The maximum absolute atomic E-state index is 6.00. The van der Waals surface area contributed by atoms with Crippen LogP contribution in [0.3, 0.4) is 0 Å². The highest BCUT2D eigenvalue weighted by molar-refractivity contribution is 5.18. The smallest absolute Gasteiger partial charge is 0.0312 e. The predicted octanol–water partition coefficient (Wildman–Crippen LogP) is 1.81. The summed E-state index contributed by atoms with van der Waals surface area (Å²) in [7, 11) is 0. The summed E-state index contributed by atoms with van der Waals surface area (Å²) in [5.74, 6) is 0. The number of hydrogen-bond donors (Lipinski definition) is 2. The Morgan fingerprint density at radius 3 is 2.23 bits per heavy atom. The fourth-order valence-corrected chi connectivity index (χ4v) is 1.38. The standard InChI is InChI=1S/C11H18N2/c1-11(2,13)8-10(12)9-6-4-3-5-7-9/h3-7,10H,8,12-13H2,1-2H3. The average molecular weight is 178 g/mol. The zero-order valence-corrected chi connectivity index (χ0v) is 8.33. The number of hydrogen-bond acceptors (Lipinski definition) is 2. The molecule has 2 nitrogen and oxygen atoms in total. The molecule has 1 unspecified atom stereocenters. The van der Waals surface area contributed by atoms with E-state index >= 15 is 0 Å². The van der Waals surface area contributed by atoms with Crippen LogP contribution in [0.25, 0.3) is 0 Å². The summed E-state index contributed by atoms with van der Waals surface area (Å²) < 4.78 is 0. The van der Waals surface area contributed by atoms with Crippen molar-refractivity contribution in [2.24, 2.45) is 11.5 Å². The van der Waals surface area contributed by atoms with Gasteiger partial charge in [-0.1, -0.05) is 30.3 Å². The lowest BCUT2D eigenvalue weighted by Crippen LogP contribution is -2.35. The number of rotatable bonds is 3. The van der Waals surface area contributed by atoms with Gasteiger partial charge in [0.05, 0.1) is 0 Å². The lowest BCUT2D eigenvalue weighted by atomic mass is 9.93. The maximum Gasteiger partial charge on any atom is 0.0312 e. The molecule has 1 aromatic carbocycles. The molecule has 1 atom stereocenters. The van der Waals surface area contributed by atoms with E-state index in [9.17, 15) is 0 Å². The summed E-state index contributed by atoms with van der Waals surface area (Å²) in [6.07, 6.45) is 0.803. The fourth-order valence-electron chi connectivity index (χ4n) is 1.38. The molecule has 0 aliphatic heterocycles. The molecule has 0 aliphatic rings. The molecule has 1 rings (SSSR count). The molecule has 72 valence electrons. The zero-order chi connectivity index (χ0) is 9.90. The highest BCUT2D eigenvalue weighted by Crippen LogP contribution is 2.19. The second-order valence-electron chi connectivity index (χ2n) is 4.21. The molecule has 0 amide bonds. The summed E-state index contributed by atoms with van der Waals surface area (Å²) in [6.45, 7) is 3.99. The van der Waals surface area contributed by atoms with Gasteiger partial charge in [-0.25, -0.2) is 0 Å². The van der Waals surface area contributed by atoms with Gasteiger partial charge in [-0.15, -0.1) is 0 Å². The first-order chi connectivity index (χ1) is 5.99. The minimum Gasteiger partial charge on any atom is -0.325 e. The van der Waals surface area contributed by atoms with Crippen molar-refractivity contribution in [2.75, 3.05) is 0 Å². The molecule has 0 heterocycles. The van der Waals surface area contributed by atoms with Crippen LogP contribution < -0.4 is 11.5 Å². The Kier molecular flexibility index (Phi) is 3.07. The van der Waals surface area contributed by atoms with Gasteiger partial charge in [0.2, 0.25) is 0 Å². The highest BCUT2D eigenvalue weighted by Gasteiger charge is 2.16. The minimum atomic E-state index is -0.199. The topological polar surface area (TPSA) is 52.0 Å². The van der Waals surface area contributed by atoms with Crippen LogP contribution in [0, 0.1) is 0 Å². The fraction of sp³-hybridized carbons (Fsp3) is 0.455. The van der Waals surface area contributed by atoms with Gasteiger partial charge in [0.15, 0.2) is 0 Å². The largest absolute Gasteiger partial charge is 0.325 e. The van der Waals surface area contributed by atoms with Crippen LogP contribution in [-0.2, 0) is 0 Å². The highest BCUT2D eigenvalue weighted by atomic mass is 14.7. The SMILES string of the molecule is CC(C)(N)CC(N)c1ccccc1. The second-order valence-corrected chi connectivity index (χ2v) is 4.21. The maximum atomic E-state index is 6.00. The molecule has 0 bridgehead atoms. The minimum absolute atomic E-state index is 0.0428. The molecule has 0 spiro atoms. The van der Waals surface area contributed by atoms with E-state index in [0.29, 0.717) is 0 Å². The van der Waals surface area contributed by atoms with Crippen molar-refractivity contribution in [3.63, 3.8) is 0 Å². The van der Waals surface area contributed by atoms with Crippen molar-refractivity contribution in [3.8, 4) is 0 Å². The summed E-state index contributed by atoms with van der Waals surface area (Å²) >= 11 is 0. The summed E-state index contributed by atoms with van der Waals surface area (Å²) in [5, 5.41) is 0. The first kappa shape index (κ1) is 10.2. The van der Waals surface area contributed by atoms with Crippen LogP contribution in [0.2, 0.25) is 0 Å². The molecule has 0 saturated carbocycles. The Labute approximate surface area is 79.9 Å². The van der Waals surface area contributed by atoms with E-state index in [1.54, 1.807) is 0 Å². The molecule has 2 heteroatoms. The zero-order valence-electron chi connectivity index (χ0n) is 8.33. The number of benzene rings is 1. The van der Waals surface area contributed by atoms with Crippen molar-refractivity contribution in [3.05, 3.63) is 35.9 Å². The Hall–Kier alpha value is -0.860. The van der Waals surface area contributed by atoms with Gasteiger partial charge < -0.3 is 11.5 Å². The molecule has 0 fully saturated rings. The second kappa shape index (κ2) is 3.90. The van der Waals surface area contributed by atoms with Crippen LogP contribution in [-0.4, -0.2) is 5.54 Å². The molecule has 4 N–H and O–H groups in total. The van der Waals surface area contributed by atoms with Gasteiger partial charge in [-0.3, -0.25) is 0 Å². The van der Waals surface area contributed by atoms with Crippen LogP contribution in [0.5, 0.6) is 0 Å². The van der Waals surface area contributed by atoms with E-state index in [2.05, 4.69) is 0 Å². The van der Waals surface area contributed by atoms with Gasteiger partial charge in [-0.2, -0.15) is 0 Å². The van der Waals surface area contributed by atoms with E-state index in [0.717, 1.165) is 12.0 Å². The molecule has 13 heavy (non-hydrogen) atoms. The van der Waals surface area contributed by atoms with E-state index in [1.165, 1.54) is 0 Å². The summed E-state index contributed by atoms with van der Waals surface area (Å²) in [6, 6.07) is 10.1. The molecule has 0 aromatic heterocycles. The molecule has 0 aliphatic carbocycles. The lowest BCUT2D eigenvalue weighted by molar-refractivity contribution is 0.429. The van der Waals surface area contributed by atoms with Crippen molar-refractivity contribution >= 4 is 0 Å². The lowest BCUT2D eigenvalue weighted by Gasteiger charge is -2.23. The van der Waals surface area contributed by atoms with Crippen LogP contribution in [0.15, 0.2) is 30.3 Å². The van der Waals surface area contributed by atoms with Gasteiger partial charge in [0.25, 0.3) is 0 Å². The first-order valence-electron chi connectivity index (χ1n) is 4.58. The van der Waals surface area contributed by atoms with E-state index in [-0.39, 0.29) is 11.6 Å². The van der Waals surface area contributed by atoms with Crippen molar-refractivity contribution in [2.45, 2.75) is 31.8 Å². The Bertz CT molecular complexity index is 249. The van der Waals surface area contributed by atoms with E-state index in [1.807, 2.05) is 44.2 Å². The monoisotopic (exact) mass is 178 g/mol. The molecular weight excluding hydrogens is 160 g/mol. The molecule has 1 aromatic rings. The van der Waals surface area contributed by atoms with Crippen LogP contribution in [0.4, 0.5) is 0 Å². The molecule has 0 saturated heterocycles. The molecular formula is C11H18N2. The first-order valence-corrected chi connectivity index (χ1v) is 4.58. The quantitative estimate of drug-likeness (QED) is 0.741. The number of nitrogens with two attached hydrogens (primary N) is 2. The van der Waals surface area contributed by atoms with Crippen LogP contribution in [0.1, 0.15) is 31.9 Å². The Balaban J connectivity index is 2.64. The summed E-state index contributed by atoms with van der Waals surface area (Å²) in [5.41, 5.74) is 12.8. The van der Waals surface area contributed by atoms with Gasteiger partial charge in [0, 0.05) is 11.6 Å². The third-order valence-electron chi connectivity index (χ3n) is 1.97. The van der Waals surface area contributed by atoms with Crippen LogP contribution >= 0.6 is 0 Å². The predicted molar refractivity (Wildman–Crippen MR) is 56.3 cm³/mol. The summed E-state index contributed by atoms with van der Waals surface area (Å²) in [4.78, 5) is 0. The Morgan fingerprint density at radius 2 is 1.77 bits per heavy atom. The average Bonchev–Trinajstić information content (AvgIpc) is 2.03. The van der Waals surface area contributed by atoms with Gasteiger partial charge in [0.1, 0.15) is 0 Å². The molecule has 0 radical (unpaired) electrons. The van der Waals surface area contributed by atoms with Gasteiger partial charge in [-0.05, 0) is 25.8 Å². The Morgan fingerprint density at radius 1 is 1.23 bits per heavy atom. The normalized spacial score (nSPS) is 14.2.